The lowest BCUT2D eigenvalue weighted by Crippen LogP contribution is -2.45. The van der Waals surface area contributed by atoms with E-state index in [-0.39, 0.29) is 11.6 Å². The largest absolute Gasteiger partial charge is 0.372 e. The second-order valence-electron chi connectivity index (χ2n) is 9.45. The number of ketones is 2. The molecule has 2 aromatic carbocycles. The average Bonchev–Trinajstić information content (AvgIpc) is 2.73. The van der Waals surface area contributed by atoms with Crippen LogP contribution in [0.1, 0.15) is 59.5 Å². The number of Topliss-reactive ketones (excluding diaryl/α,β-unsaturated/α-hetero) is 2. The maximum absolute atomic E-state index is 12.7. The summed E-state index contributed by atoms with van der Waals surface area (Å²) in [7, 11) is 7.63. The standard InChI is InChI=1S/C26H36N2O3/c1-25(2,27(5)6)23(29)21-13-9-19(10-14-21)17-31-18-20-11-15-22(16-12-20)24(30)26(3,4)28(7)8/h9-16H,17-18H2,1-8H3. The van der Waals surface area contributed by atoms with Crippen LogP contribution in [0.25, 0.3) is 0 Å². The summed E-state index contributed by atoms with van der Waals surface area (Å²) >= 11 is 0. The molecule has 168 valence electrons. The molecule has 0 fully saturated rings. The summed E-state index contributed by atoms with van der Waals surface area (Å²) in [5, 5.41) is 0. The first-order chi connectivity index (χ1) is 14.4. The Morgan fingerprint density at radius 2 is 0.935 bits per heavy atom. The molecule has 0 aliphatic heterocycles. The molecule has 0 N–H and O–H groups in total. The first kappa shape index (κ1) is 24.9. The number of carbonyl (C=O) groups is 2. The molecule has 0 saturated heterocycles. The van der Waals surface area contributed by atoms with Gasteiger partial charge in [0.2, 0.25) is 0 Å². The lowest BCUT2D eigenvalue weighted by Gasteiger charge is -2.31. The van der Waals surface area contributed by atoms with Gasteiger partial charge in [-0.3, -0.25) is 19.4 Å². The van der Waals surface area contributed by atoms with Crippen molar-refractivity contribution in [2.75, 3.05) is 28.2 Å². The lowest BCUT2D eigenvalue weighted by molar-refractivity contribution is 0.0750. The predicted molar refractivity (Wildman–Crippen MR) is 126 cm³/mol. The first-order valence-electron chi connectivity index (χ1n) is 10.6. The van der Waals surface area contributed by atoms with Gasteiger partial charge in [-0.15, -0.1) is 0 Å². The Bertz CT molecular complexity index is 820. The molecule has 0 unspecified atom stereocenters. The topological polar surface area (TPSA) is 49.9 Å². The highest BCUT2D eigenvalue weighted by Crippen LogP contribution is 2.20. The smallest absolute Gasteiger partial charge is 0.182 e. The first-order valence-corrected chi connectivity index (χ1v) is 10.6. The van der Waals surface area contributed by atoms with Gasteiger partial charge < -0.3 is 4.74 Å². The van der Waals surface area contributed by atoms with Crippen molar-refractivity contribution in [3.8, 4) is 0 Å². The fraction of sp³-hybridized carbons (Fsp3) is 0.462. The Morgan fingerprint density at radius 3 is 1.19 bits per heavy atom. The van der Waals surface area contributed by atoms with Crippen molar-refractivity contribution in [1.29, 1.82) is 0 Å². The average molecular weight is 425 g/mol. The van der Waals surface area contributed by atoms with E-state index in [4.69, 9.17) is 4.74 Å². The van der Waals surface area contributed by atoms with E-state index in [9.17, 15) is 9.59 Å². The van der Waals surface area contributed by atoms with E-state index in [1.807, 2.05) is 114 Å². The maximum atomic E-state index is 12.7. The second kappa shape index (κ2) is 9.86. The molecule has 0 radical (unpaired) electrons. The molecule has 0 bridgehead atoms. The fourth-order valence-electron chi connectivity index (χ4n) is 2.90. The third kappa shape index (κ3) is 5.88. The zero-order valence-electron chi connectivity index (χ0n) is 20.2. The molecular formula is C26H36N2O3. The molecule has 5 nitrogen and oxygen atoms in total. The molecule has 0 aromatic heterocycles. The summed E-state index contributed by atoms with van der Waals surface area (Å²) in [5.74, 6) is 0.189. The van der Waals surface area contributed by atoms with Crippen LogP contribution in [-0.2, 0) is 18.0 Å². The number of hydrogen-bond donors (Lipinski definition) is 0. The number of likely N-dealkylation sites (N-methyl/N-ethyl adjacent to an activating group) is 2. The summed E-state index contributed by atoms with van der Waals surface area (Å²) < 4.78 is 5.83. The van der Waals surface area contributed by atoms with Gasteiger partial charge in [-0.25, -0.2) is 0 Å². The quantitative estimate of drug-likeness (QED) is 0.528. The van der Waals surface area contributed by atoms with Crippen molar-refractivity contribution in [3.63, 3.8) is 0 Å². The summed E-state index contributed by atoms with van der Waals surface area (Å²) in [4.78, 5) is 29.2. The molecular weight excluding hydrogens is 388 g/mol. The Labute approximate surface area is 187 Å². The number of nitrogens with zero attached hydrogens (tertiary/aromatic N) is 2. The summed E-state index contributed by atoms with van der Waals surface area (Å²) in [6, 6.07) is 15.2. The van der Waals surface area contributed by atoms with Crippen molar-refractivity contribution in [2.45, 2.75) is 52.0 Å². The number of benzene rings is 2. The fourth-order valence-corrected chi connectivity index (χ4v) is 2.90. The third-order valence-electron chi connectivity index (χ3n) is 6.32. The third-order valence-corrected chi connectivity index (χ3v) is 6.32. The van der Waals surface area contributed by atoms with Gasteiger partial charge >= 0.3 is 0 Å². The molecule has 0 atom stereocenters. The van der Waals surface area contributed by atoms with E-state index >= 15 is 0 Å². The molecule has 0 aliphatic carbocycles. The minimum absolute atomic E-state index is 0.0945. The minimum atomic E-state index is -0.548. The SMILES string of the molecule is CN(C)C(C)(C)C(=O)c1ccc(COCc2ccc(C(=O)C(C)(C)N(C)C)cc2)cc1. The zero-order valence-corrected chi connectivity index (χ0v) is 20.2. The van der Waals surface area contributed by atoms with Gasteiger partial charge in [-0.1, -0.05) is 48.5 Å². The van der Waals surface area contributed by atoms with Crippen LogP contribution in [0.3, 0.4) is 0 Å². The van der Waals surface area contributed by atoms with Gasteiger partial charge in [0.05, 0.1) is 24.3 Å². The van der Waals surface area contributed by atoms with Gasteiger partial charge in [-0.05, 0) is 67.0 Å². The number of hydrogen-bond acceptors (Lipinski definition) is 5. The summed E-state index contributed by atoms with van der Waals surface area (Å²) in [6.45, 7) is 8.61. The van der Waals surface area contributed by atoms with Crippen LogP contribution >= 0.6 is 0 Å². The predicted octanol–water partition coefficient (Wildman–Crippen LogP) is 4.45. The normalized spacial score (nSPS) is 12.5. The van der Waals surface area contributed by atoms with Crippen molar-refractivity contribution in [2.24, 2.45) is 0 Å². The summed E-state index contributed by atoms with van der Waals surface area (Å²) in [6.07, 6.45) is 0. The molecule has 2 rings (SSSR count). The van der Waals surface area contributed by atoms with Gasteiger partial charge in [0.15, 0.2) is 11.6 Å². The molecule has 0 saturated carbocycles. The van der Waals surface area contributed by atoms with Crippen LogP contribution in [0.15, 0.2) is 48.5 Å². The van der Waals surface area contributed by atoms with E-state index in [0.29, 0.717) is 24.3 Å². The van der Waals surface area contributed by atoms with Crippen molar-refractivity contribution in [1.82, 2.24) is 9.80 Å². The van der Waals surface area contributed by atoms with Crippen LogP contribution in [0.5, 0.6) is 0 Å². The van der Waals surface area contributed by atoms with E-state index < -0.39 is 11.1 Å². The Kier molecular flexibility index (Phi) is 7.93. The highest BCUT2D eigenvalue weighted by Gasteiger charge is 2.31. The van der Waals surface area contributed by atoms with Gasteiger partial charge in [0.1, 0.15) is 0 Å². The van der Waals surface area contributed by atoms with Crippen molar-refractivity contribution < 1.29 is 14.3 Å². The highest BCUT2D eigenvalue weighted by atomic mass is 16.5. The Hall–Kier alpha value is -2.34. The van der Waals surface area contributed by atoms with E-state index in [1.165, 1.54) is 0 Å². The zero-order chi connectivity index (χ0) is 23.4. The molecule has 0 heterocycles. The van der Waals surface area contributed by atoms with Crippen molar-refractivity contribution >= 4 is 11.6 Å². The highest BCUT2D eigenvalue weighted by molar-refractivity contribution is 6.03. The molecule has 0 amide bonds. The van der Waals surface area contributed by atoms with Crippen molar-refractivity contribution in [3.05, 3.63) is 70.8 Å². The van der Waals surface area contributed by atoms with Crippen LogP contribution in [0, 0.1) is 0 Å². The van der Waals surface area contributed by atoms with E-state index in [2.05, 4.69) is 0 Å². The van der Waals surface area contributed by atoms with Crippen LogP contribution in [0.4, 0.5) is 0 Å². The molecule has 31 heavy (non-hydrogen) atoms. The number of carbonyl (C=O) groups excluding carboxylic acids is 2. The maximum Gasteiger partial charge on any atom is 0.182 e. The van der Waals surface area contributed by atoms with Gasteiger partial charge in [0, 0.05) is 11.1 Å². The molecule has 0 aliphatic rings. The van der Waals surface area contributed by atoms with Crippen LogP contribution in [-0.4, -0.2) is 60.6 Å². The van der Waals surface area contributed by atoms with E-state index in [0.717, 1.165) is 11.1 Å². The minimum Gasteiger partial charge on any atom is -0.372 e. The molecule has 5 heteroatoms. The Balaban J connectivity index is 1.93. The van der Waals surface area contributed by atoms with E-state index in [1.54, 1.807) is 0 Å². The number of rotatable bonds is 10. The van der Waals surface area contributed by atoms with Crippen LogP contribution < -0.4 is 0 Å². The lowest BCUT2D eigenvalue weighted by atomic mass is 9.91. The Morgan fingerprint density at radius 1 is 0.645 bits per heavy atom. The van der Waals surface area contributed by atoms with Gasteiger partial charge in [-0.2, -0.15) is 0 Å². The molecule has 0 spiro atoms. The molecule has 2 aromatic rings. The summed E-state index contributed by atoms with van der Waals surface area (Å²) in [5.41, 5.74) is 2.32. The van der Waals surface area contributed by atoms with Crippen LogP contribution in [0.2, 0.25) is 0 Å². The number of ether oxygens (including phenoxy) is 1. The van der Waals surface area contributed by atoms with Gasteiger partial charge in [0.25, 0.3) is 0 Å². The monoisotopic (exact) mass is 424 g/mol. The second-order valence-corrected chi connectivity index (χ2v) is 9.45.